The molecule has 0 aliphatic carbocycles. The first kappa shape index (κ1) is 24.7. The van der Waals surface area contributed by atoms with Crippen molar-refractivity contribution in [3.63, 3.8) is 0 Å². The lowest BCUT2D eigenvalue weighted by Gasteiger charge is -2.37. The van der Waals surface area contributed by atoms with Crippen molar-refractivity contribution in [2.24, 2.45) is 5.92 Å². The summed E-state index contributed by atoms with van der Waals surface area (Å²) in [5.74, 6) is -1.45. The molecule has 3 unspecified atom stereocenters. The van der Waals surface area contributed by atoms with Crippen molar-refractivity contribution in [2.45, 2.75) is 43.7 Å². The maximum absolute atomic E-state index is 15.0. The van der Waals surface area contributed by atoms with Crippen LogP contribution >= 0.6 is 0 Å². The number of nitrogens with zero attached hydrogens (tertiary/aromatic N) is 2. The van der Waals surface area contributed by atoms with Crippen molar-refractivity contribution in [1.29, 1.82) is 0 Å². The molecule has 1 N–H and O–H groups in total. The van der Waals surface area contributed by atoms with Gasteiger partial charge in [0.1, 0.15) is 5.54 Å². The Bertz CT molecular complexity index is 1710. The summed E-state index contributed by atoms with van der Waals surface area (Å²) in [7, 11) is 0. The number of nitrogens with one attached hydrogen (secondary N) is 1. The molecule has 3 aliphatic rings. The van der Waals surface area contributed by atoms with Gasteiger partial charge < -0.3 is 5.32 Å². The zero-order chi connectivity index (χ0) is 27.6. The topological polar surface area (TPSA) is 92.5 Å². The second-order valence-corrected chi connectivity index (χ2v) is 11.1. The number of carbonyl (C=O) groups is 2. The van der Waals surface area contributed by atoms with E-state index in [1.165, 1.54) is 6.07 Å². The molecular weight excluding hydrogens is 502 g/mol. The Morgan fingerprint density at radius 2 is 1.85 bits per heavy atom. The SMILES string of the molecule is CCc1ccc2c(c1)[C@]1(C(=O)N2)C(C(=O)c2cccc3ccccc23)C(c2cccc([N+](=O)[O-])c2)C2CCCN21. The van der Waals surface area contributed by atoms with E-state index in [4.69, 9.17) is 0 Å². The van der Waals surface area contributed by atoms with Gasteiger partial charge in [0.25, 0.3) is 5.69 Å². The first-order valence-electron chi connectivity index (χ1n) is 13.9. The summed E-state index contributed by atoms with van der Waals surface area (Å²) in [5.41, 5.74) is 2.77. The largest absolute Gasteiger partial charge is 0.324 e. The fourth-order valence-corrected chi connectivity index (χ4v) is 7.65. The summed E-state index contributed by atoms with van der Waals surface area (Å²) in [6.45, 7) is 2.76. The molecule has 1 amide bonds. The Labute approximate surface area is 232 Å². The third kappa shape index (κ3) is 3.34. The standard InChI is InChI=1S/C33H29N3O4/c1-2-20-15-16-27-26(18-20)33(32(38)34-27)30(31(37)25-13-6-9-21-8-3-4-12-24(21)25)29(28-14-7-17-35(28)33)22-10-5-11-23(19-22)36(39)40/h3-6,8-13,15-16,18-19,28-30H,2,7,14,17H2,1H3,(H,34,38)/t28?,29?,30?,33-/m1/s1. The van der Waals surface area contributed by atoms with Crippen LogP contribution in [0.25, 0.3) is 10.8 Å². The molecule has 2 saturated heterocycles. The van der Waals surface area contributed by atoms with Crippen LogP contribution in [0, 0.1) is 16.0 Å². The molecule has 3 aliphatic heterocycles. The van der Waals surface area contributed by atoms with Crippen LogP contribution in [-0.4, -0.2) is 34.1 Å². The van der Waals surface area contributed by atoms with E-state index in [1.54, 1.807) is 12.1 Å². The highest BCUT2D eigenvalue weighted by Crippen LogP contribution is 2.61. The van der Waals surface area contributed by atoms with Crippen molar-refractivity contribution < 1.29 is 14.5 Å². The number of nitro benzene ring substituents is 1. The highest BCUT2D eigenvalue weighted by atomic mass is 16.6. The van der Waals surface area contributed by atoms with Crippen LogP contribution in [0.3, 0.4) is 0 Å². The summed E-state index contributed by atoms with van der Waals surface area (Å²) in [4.78, 5) is 43.0. The number of non-ortho nitro benzene ring substituents is 1. The molecule has 0 aromatic heterocycles. The van der Waals surface area contributed by atoms with Gasteiger partial charge in [-0.25, -0.2) is 0 Å². The average molecular weight is 532 g/mol. The lowest BCUT2D eigenvalue weighted by molar-refractivity contribution is -0.384. The number of benzene rings is 4. The number of hydrogen-bond donors (Lipinski definition) is 1. The Morgan fingerprint density at radius 1 is 1.05 bits per heavy atom. The molecule has 7 heteroatoms. The number of fused-ring (bicyclic) bond motifs is 5. The van der Waals surface area contributed by atoms with Gasteiger partial charge in [0.05, 0.1) is 10.8 Å². The van der Waals surface area contributed by atoms with Crippen LogP contribution in [0.15, 0.2) is 84.9 Å². The Balaban J connectivity index is 1.52. The number of rotatable bonds is 5. The predicted molar refractivity (Wildman–Crippen MR) is 153 cm³/mol. The van der Waals surface area contributed by atoms with Crippen LogP contribution in [0.1, 0.15) is 52.7 Å². The van der Waals surface area contributed by atoms with Crippen molar-refractivity contribution in [3.05, 3.63) is 117 Å². The van der Waals surface area contributed by atoms with Crippen LogP contribution in [-0.2, 0) is 16.8 Å². The van der Waals surface area contributed by atoms with E-state index in [9.17, 15) is 14.9 Å². The number of anilines is 1. The van der Waals surface area contributed by atoms with Gasteiger partial charge in [-0.15, -0.1) is 0 Å². The number of hydrogen-bond acceptors (Lipinski definition) is 5. The second-order valence-electron chi connectivity index (χ2n) is 11.1. The maximum atomic E-state index is 15.0. The molecule has 40 heavy (non-hydrogen) atoms. The maximum Gasteiger partial charge on any atom is 0.269 e. The average Bonchev–Trinajstić information content (AvgIpc) is 3.65. The molecule has 0 bridgehead atoms. The van der Waals surface area contributed by atoms with Gasteiger partial charge in [-0.2, -0.15) is 0 Å². The van der Waals surface area contributed by atoms with Crippen molar-refractivity contribution >= 4 is 33.8 Å². The smallest absolute Gasteiger partial charge is 0.269 e. The minimum absolute atomic E-state index is 0.0103. The molecule has 4 aromatic rings. The third-order valence-corrected chi connectivity index (χ3v) is 9.28. The van der Waals surface area contributed by atoms with Crippen LogP contribution in [0.2, 0.25) is 0 Å². The summed E-state index contributed by atoms with van der Waals surface area (Å²) in [6.07, 6.45) is 2.50. The van der Waals surface area contributed by atoms with Gasteiger partial charge in [0.2, 0.25) is 5.91 Å². The third-order valence-electron chi connectivity index (χ3n) is 9.28. The van der Waals surface area contributed by atoms with Crippen LogP contribution in [0.4, 0.5) is 11.4 Å². The van der Waals surface area contributed by atoms with E-state index >= 15 is 4.79 Å². The lowest BCUT2D eigenvalue weighted by atomic mass is 9.68. The minimum atomic E-state index is -1.20. The van der Waals surface area contributed by atoms with Crippen molar-refractivity contribution in [1.82, 2.24) is 4.90 Å². The normalized spacial score (nSPS) is 25.2. The molecule has 0 radical (unpaired) electrons. The quantitative estimate of drug-likeness (QED) is 0.188. The molecule has 7 rings (SSSR count). The predicted octanol–water partition coefficient (Wildman–Crippen LogP) is 6.22. The highest BCUT2D eigenvalue weighted by Gasteiger charge is 2.69. The number of carbonyl (C=O) groups excluding carboxylic acids is 2. The Hall–Kier alpha value is -4.36. The minimum Gasteiger partial charge on any atom is -0.324 e. The lowest BCUT2D eigenvalue weighted by Crippen LogP contribution is -2.53. The molecule has 3 heterocycles. The Kier molecular flexibility index (Phi) is 5.61. The molecule has 200 valence electrons. The first-order chi connectivity index (χ1) is 19.4. The van der Waals surface area contributed by atoms with Crippen molar-refractivity contribution in [2.75, 3.05) is 11.9 Å². The highest BCUT2D eigenvalue weighted by molar-refractivity contribution is 6.16. The van der Waals surface area contributed by atoms with E-state index in [2.05, 4.69) is 23.2 Å². The molecule has 4 aromatic carbocycles. The van der Waals surface area contributed by atoms with Crippen LogP contribution < -0.4 is 5.32 Å². The summed E-state index contributed by atoms with van der Waals surface area (Å²) < 4.78 is 0. The monoisotopic (exact) mass is 531 g/mol. The zero-order valence-corrected chi connectivity index (χ0v) is 22.2. The molecule has 7 nitrogen and oxygen atoms in total. The second kappa shape index (κ2) is 9.10. The summed E-state index contributed by atoms with van der Waals surface area (Å²) >= 11 is 0. The van der Waals surface area contributed by atoms with E-state index in [0.29, 0.717) is 12.1 Å². The molecular formula is C33H29N3O4. The number of nitro groups is 1. The number of ketones is 1. The van der Waals surface area contributed by atoms with Gasteiger partial charge in [-0.05, 0) is 53.8 Å². The van der Waals surface area contributed by atoms with Gasteiger partial charge in [-0.3, -0.25) is 24.6 Å². The summed E-state index contributed by atoms with van der Waals surface area (Å²) in [5, 5.41) is 16.7. The van der Waals surface area contributed by atoms with Gasteiger partial charge in [0, 0.05) is 40.9 Å². The number of Topliss-reactive ketones (excluding diaryl/α,β-unsaturated/α-hetero) is 1. The van der Waals surface area contributed by atoms with Gasteiger partial charge >= 0.3 is 0 Å². The van der Waals surface area contributed by atoms with Gasteiger partial charge in [-0.1, -0.05) is 73.7 Å². The van der Waals surface area contributed by atoms with E-state index in [1.807, 2.05) is 60.7 Å². The molecule has 2 fully saturated rings. The zero-order valence-electron chi connectivity index (χ0n) is 22.2. The van der Waals surface area contributed by atoms with Gasteiger partial charge in [0.15, 0.2) is 5.78 Å². The number of amides is 1. The molecule has 1 spiro atoms. The summed E-state index contributed by atoms with van der Waals surface area (Å²) in [6, 6.07) is 26.1. The fraction of sp³-hybridized carbons (Fsp3) is 0.273. The van der Waals surface area contributed by atoms with E-state index < -0.39 is 22.3 Å². The van der Waals surface area contributed by atoms with E-state index in [0.717, 1.165) is 52.4 Å². The fourth-order valence-electron chi connectivity index (χ4n) is 7.65. The van der Waals surface area contributed by atoms with E-state index in [-0.39, 0.29) is 23.4 Å². The number of aryl methyl sites for hydroxylation is 1. The molecule has 4 atom stereocenters. The van der Waals surface area contributed by atoms with Crippen molar-refractivity contribution in [3.8, 4) is 0 Å². The molecule has 0 saturated carbocycles. The first-order valence-corrected chi connectivity index (χ1v) is 13.9. The van der Waals surface area contributed by atoms with Crippen LogP contribution in [0.5, 0.6) is 0 Å². The Morgan fingerprint density at radius 3 is 2.67 bits per heavy atom.